The van der Waals surface area contributed by atoms with Crippen LogP contribution in [0.1, 0.15) is 31.7 Å². The van der Waals surface area contributed by atoms with Crippen molar-refractivity contribution in [2.75, 3.05) is 5.88 Å². The second kappa shape index (κ2) is 6.05. The quantitative estimate of drug-likeness (QED) is 0.500. The number of rotatable bonds is 6. The molecule has 0 saturated carbocycles. The highest BCUT2D eigenvalue weighted by Gasteiger charge is 2.28. The van der Waals surface area contributed by atoms with E-state index in [1.807, 2.05) is 18.2 Å². The lowest BCUT2D eigenvalue weighted by Crippen LogP contribution is -2.27. The highest BCUT2D eigenvalue weighted by Crippen LogP contribution is 2.34. The lowest BCUT2D eigenvalue weighted by atomic mass is 9.76. The average molecular weight is 241 g/mol. The van der Waals surface area contributed by atoms with Crippen LogP contribution in [0.3, 0.4) is 0 Å². The molecule has 0 spiro atoms. The Bertz CT molecular complexity index is 331. The van der Waals surface area contributed by atoms with E-state index in [9.17, 15) is 4.39 Å². The molecule has 0 bridgehead atoms. The van der Waals surface area contributed by atoms with Gasteiger partial charge in [0.25, 0.3) is 0 Å². The van der Waals surface area contributed by atoms with Crippen molar-refractivity contribution in [3.63, 3.8) is 0 Å². The third-order valence-electron chi connectivity index (χ3n) is 2.98. The van der Waals surface area contributed by atoms with Crippen molar-refractivity contribution in [2.45, 2.75) is 31.6 Å². The van der Waals surface area contributed by atoms with E-state index in [0.717, 1.165) is 24.8 Å². The predicted octanol–water partition coefficient (Wildman–Crippen LogP) is 4.68. The highest BCUT2D eigenvalue weighted by atomic mass is 35.5. The highest BCUT2D eigenvalue weighted by molar-refractivity contribution is 6.18. The lowest BCUT2D eigenvalue weighted by Gasteiger charge is -2.31. The number of allylic oxidation sites excluding steroid dienone is 1. The molecule has 88 valence electrons. The summed E-state index contributed by atoms with van der Waals surface area (Å²) >= 11 is 6.11. The molecule has 0 heterocycles. The molecule has 16 heavy (non-hydrogen) atoms. The molecule has 2 heteroatoms. The summed E-state index contributed by atoms with van der Waals surface area (Å²) in [5.41, 5.74) is 1.01. The minimum absolute atomic E-state index is 0.0915. The maximum Gasteiger partial charge on any atom is 0.123 e. The van der Waals surface area contributed by atoms with Gasteiger partial charge in [-0.3, -0.25) is 0 Å². The van der Waals surface area contributed by atoms with Crippen LogP contribution in [0.15, 0.2) is 36.9 Å². The van der Waals surface area contributed by atoms with E-state index >= 15 is 0 Å². The minimum atomic E-state index is -0.206. The van der Waals surface area contributed by atoms with Crippen LogP contribution < -0.4 is 0 Å². The molecule has 1 atom stereocenters. The van der Waals surface area contributed by atoms with E-state index in [1.165, 1.54) is 12.1 Å². The Morgan fingerprint density at radius 1 is 1.38 bits per heavy atom. The monoisotopic (exact) mass is 240 g/mol. The second-order valence-electron chi connectivity index (χ2n) is 4.16. The third kappa shape index (κ3) is 2.85. The summed E-state index contributed by atoms with van der Waals surface area (Å²) in [7, 11) is 0. The Labute approximate surface area is 102 Å². The number of alkyl halides is 1. The van der Waals surface area contributed by atoms with E-state index in [4.69, 9.17) is 11.6 Å². The molecule has 1 aromatic rings. The third-order valence-corrected chi connectivity index (χ3v) is 3.49. The van der Waals surface area contributed by atoms with Gasteiger partial charge >= 0.3 is 0 Å². The molecule has 0 N–H and O–H groups in total. The molecule has 0 amide bonds. The fourth-order valence-electron chi connectivity index (χ4n) is 2.12. The van der Waals surface area contributed by atoms with Crippen molar-refractivity contribution in [1.29, 1.82) is 0 Å². The molecular formula is C14H18ClF. The van der Waals surface area contributed by atoms with Crippen LogP contribution in [-0.2, 0) is 5.41 Å². The molecule has 0 fully saturated rings. The fourth-order valence-corrected chi connectivity index (χ4v) is 2.52. The largest absolute Gasteiger partial charge is 0.207 e. The SMILES string of the molecule is C=CCC(CCl)(CCC)c1ccc(F)cc1. The molecule has 0 saturated heterocycles. The summed E-state index contributed by atoms with van der Waals surface area (Å²) in [5.74, 6) is 0.334. The Kier molecular flexibility index (Phi) is 5.01. The summed E-state index contributed by atoms with van der Waals surface area (Å²) in [6.07, 6.45) is 4.77. The van der Waals surface area contributed by atoms with Crippen LogP contribution >= 0.6 is 11.6 Å². The van der Waals surface area contributed by atoms with Crippen LogP contribution in [0.2, 0.25) is 0 Å². The molecule has 1 aromatic carbocycles. The van der Waals surface area contributed by atoms with Gasteiger partial charge in [0.15, 0.2) is 0 Å². The van der Waals surface area contributed by atoms with Gasteiger partial charge in [-0.25, -0.2) is 4.39 Å². The fraction of sp³-hybridized carbons (Fsp3) is 0.429. The van der Waals surface area contributed by atoms with Gasteiger partial charge in [0, 0.05) is 11.3 Å². The standard InChI is InChI=1S/C14H18ClF/c1-3-9-14(11-15,10-4-2)12-5-7-13(16)8-6-12/h3,5-8H,1,4,9-11H2,2H3. The summed E-state index contributed by atoms with van der Waals surface area (Å²) in [6, 6.07) is 6.65. The van der Waals surface area contributed by atoms with Crippen molar-refractivity contribution in [3.05, 3.63) is 48.3 Å². The number of benzene rings is 1. The first-order valence-electron chi connectivity index (χ1n) is 5.61. The van der Waals surface area contributed by atoms with Crippen molar-refractivity contribution < 1.29 is 4.39 Å². The Morgan fingerprint density at radius 2 is 2.00 bits per heavy atom. The van der Waals surface area contributed by atoms with Gasteiger partial charge in [0.2, 0.25) is 0 Å². The molecule has 0 aliphatic carbocycles. The Hall–Kier alpha value is -0.820. The predicted molar refractivity (Wildman–Crippen MR) is 68.5 cm³/mol. The average Bonchev–Trinajstić information content (AvgIpc) is 2.29. The van der Waals surface area contributed by atoms with E-state index in [2.05, 4.69) is 13.5 Å². The summed E-state index contributed by atoms with van der Waals surface area (Å²) in [6.45, 7) is 5.92. The summed E-state index contributed by atoms with van der Waals surface area (Å²) in [4.78, 5) is 0. The Morgan fingerprint density at radius 3 is 2.44 bits per heavy atom. The normalized spacial score (nSPS) is 14.4. The summed E-state index contributed by atoms with van der Waals surface area (Å²) < 4.78 is 12.9. The molecule has 0 radical (unpaired) electrons. The van der Waals surface area contributed by atoms with Crippen LogP contribution in [0.5, 0.6) is 0 Å². The van der Waals surface area contributed by atoms with E-state index in [-0.39, 0.29) is 11.2 Å². The van der Waals surface area contributed by atoms with Gasteiger partial charge in [-0.15, -0.1) is 18.2 Å². The van der Waals surface area contributed by atoms with Gasteiger partial charge in [0.05, 0.1) is 0 Å². The topological polar surface area (TPSA) is 0 Å². The van der Waals surface area contributed by atoms with Gasteiger partial charge < -0.3 is 0 Å². The van der Waals surface area contributed by atoms with Crippen LogP contribution in [0.25, 0.3) is 0 Å². The minimum Gasteiger partial charge on any atom is -0.207 e. The molecule has 0 aliphatic heterocycles. The second-order valence-corrected chi connectivity index (χ2v) is 4.43. The van der Waals surface area contributed by atoms with Crippen molar-refractivity contribution in [3.8, 4) is 0 Å². The zero-order chi connectivity index (χ0) is 12.0. The van der Waals surface area contributed by atoms with E-state index in [0.29, 0.717) is 5.88 Å². The van der Waals surface area contributed by atoms with Crippen LogP contribution in [0.4, 0.5) is 4.39 Å². The molecule has 0 aromatic heterocycles. The van der Waals surface area contributed by atoms with Gasteiger partial charge in [-0.2, -0.15) is 0 Å². The van der Waals surface area contributed by atoms with Crippen molar-refractivity contribution >= 4 is 11.6 Å². The molecule has 1 rings (SSSR count). The van der Waals surface area contributed by atoms with Crippen LogP contribution in [-0.4, -0.2) is 5.88 Å². The first-order chi connectivity index (χ1) is 7.68. The molecule has 1 unspecified atom stereocenters. The molecule has 0 aliphatic rings. The number of hydrogen-bond donors (Lipinski definition) is 0. The smallest absolute Gasteiger partial charge is 0.123 e. The first-order valence-corrected chi connectivity index (χ1v) is 6.15. The number of halogens is 2. The summed E-state index contributed by atoms with van der Waals surface area (Å²) in [5, 5.41) is 0. The maximum atomic E-state index is 12.9. The molecule has 0 nitrogen and oxygen atoms in total. The van der Waals surface area contributed by atoms with Gasteiger partial charge in [0.1, 0.15) is 5.82 Å². The lowest BCUT2D eigenvalue weighted by molar-refractivity contribution is 0.438. The van der Waals surface area contributed by atoms with Crippen molar-refractivity contribution in [1.82, 2.24) is 0 Å². The zero-order valence-electron chi connectivity index (χ0n) is 9.68. The Balaban J connectivity index is 3.07. The van der Waals surface area contributed by atoms with Gasteiger partial charge in [-0.1, -0.05) is 31.6 Å². The van der Waals surface area contributed by atoms with E-state index in [1.54, 1.807) is 0 Å². The van der Waals surface area contributed by atoms with E-state index < -0.39 is 0 Å². The maximum absolute atomic E-state index is 12.9. The zero-order valence-corrected chi connectivity index (χ0v) is 10.4. The number of hydrogen-bond acceptors (Lipinski definition) is 0. The first kappa shape index (κ1) is 13.2. The van der Waals surface area contributed by atoms with Crippen molar-refractivity contribution in [2.24, 2.45) is 0 Å². The van der Waals surface area contributed by atoms with Gasteiger partial charge in [-0.05, 0) is 30.5 Å². The van der Waals surface area contributed by atoms with Crippen LogP contribution in [0, 0.1) is 5.82 Å². The molecular weight excluding hydrogens is 223 g/mol.